The zero-order valence-corrected chi connectivity index (χ0v) is 20.7. The van der Waals surface area contributed by atoms with Crippen molar-refractivity contribution < 1.29 is 4.79 Å². The molecule has 0 spiro atoms. The molecule has 9 atom stereocenters. The van der Waals surface area contributed by atoms with Crippen molar-refractivity contribution in [3.05, 3.63) is 17.5 Å². The SMILES string of the molecule is C[C@H]1CC[C@H]2[C@H](CC[C@H]3C4[C@H](C5CC5)C[C@H](C(=O)Cn5nc(C#N)cc5C#N)[C@@]4(C)CC[C@H]23)C1. The van der Waals surface area contributed by atoms with Gasteiger partial charge < -0.3 is 0 Å². The first kappa shape index (κ1) is 22.3. The summed E-state index contributed by atoms with van der Waals surface area (Å²) in [4.78, 5) is 13.8. The molecule has 0 saturated heterocycles. The largest absolute Gasteiger partial charge is 0.297 e. The summed E-state index contributed by atoms with van der Waals surface area (Å²) in [6.45, 7) is 5.03. The monoisotopic (exact) mass is 458 g/mol. The third-order valence-electron chi connectivity index (χ3n) is 11.2. The molecule has 0 N–H and O–H groups in total. The molecule has 34 heavy (non-hydrogen) atoms. The standard InChI is InChI=1S/C29H38N4O/c1-17-3-7-22-19(11-17)6-8-24-23(22)9-10-29(2)26(13-25(28(24)29)18-4-5-18)27(34)16-33-21(15-31)12-20(14-30)32-33/h12,17-19,22-26,28H,3-11,13,16H2,1-2H3/t17-,19+,22-,23+,24+,25-,26+,28?,29+/m0/s1. The average molecular weight is 459 g/mol. The highest BCUT2D eigenvalue weighted by atomic mass is 16.1. The molecule has 5 heteroatoms. The maximum Gasteiger partial charge on any atom is 0.163 e. The van der Waals surface area contributed by atoms with Crippen molar-refractivity contribution in [3.8, 4) is 12.1 Å². The quantitative estimate of drug-likeness (QED) is 0.576. The molecule has 1 unspecified atom stereocenters. The summed E-state index contributed by atoms with van der Waals surface area (Å²) in [6.07, 6.45) is 13.3. The Balaban J connectivity index is 1.27. The maximum atomic E-state index is 13.8. The van der Waals surface area contributed by atoms with Gasteiger partial charge >= 0.3 is 0 Å². The fraction of sp³-hybridized carbons (Fsp3) is 0.793. The Bertz CT molecular complexity index is 1060. The van der Waals surface area contributed by atoms with Gasteiger partial charge in [-0.15, -0.1) is 0 Å². The number of aromatic nitrogens is 2. The molecule has 0 bridgehead atoms. The molecule has 5 aliphatic carbocycles. The zero-order chi connectivity index (χ0) is 23.6. The fourth-order valence-corrected chi connectivity index (χ4v) is 9.71. The highest BCUT2D eigenvalue weighted by molar-refractivity contribution is 5.82. The van der Waals surface area contributed by atoms with Gasteiger partial charge in [-0.1, -0.05) is 20.3 Å². The summed E-state index contributed by atoms with van der Waals surface area (Å²) in [7, 11) is 0. The van der Waals surface area contributed by atoms with E-state index in [-0.39, 0.29) is 29.4 Å². The summed E-state index contributed by atoms with van der Waals surface area (Å²) in [5, 5.41) is 22.9. The molecule has 0 aromatic carbocycles. The Kier molecular flexibility index (Phi) is 5.40. The molecule has 0 amide bonds. The molecule has 6 rings (SSSR count). The predicted molar refractivity (Wildman–Crippen MR) is 128 cm³/mol. The molecule has 5 nitrogen and oxygen atoms in total. The van der Waals surface area contributed by atoms with Crippen molar-refractivity contribution in [1.29, 1.82) is 10.5 Å². The van der Waals surface area contributed by atoms with E-state index in [0.717, 1.165) is 41.9 Å². The van der Waals surface area contributed by atoms with Gasteiger partial charge in [0, 0.05) is 12.0 Å². The van der Waals surface area contributed by atoms with Gasteiger partial charge in [-0.2, -0.15) is 15.6 Å². The smallest absolute Gasteiger partial charge is 0.163 e. The normalized spacial score (nSPS) is 43.2. The number of fused-ring (bicyclic) bond motifs is 5. The van der Waals surface area contributed by atoms with E-state index in [1.54, 1.807) is 0 Å². The minimum Gasteiger partial charge on any atom is -0.297 e. The molecule has 1 heterocycles. The minimum absolute atomic E-state index is 0.0643. The average Bonchev–Trinajstić information content (AvgIpc) is 3.52. The number of ketones is 1. The molecule has 1 aromatic heterocycles. The number of nitriles is 2. The first-order valence-corrected chi connectivity index (χ1v) is 13.8. The lowest BCUT2D eigenvalue weighted by atomic mass is 9.48. The van der Waals surface area contributed by atoms with Crippen LogP contribution >= 0.6 is 0 Å². The zero-order valence-electron chi connectivity index (χ0n) is 20.7. The Hall–Kier alpha value is -2.14. The van der Waals surface area contributed by atoms with Crippen molar-refractivity contribution in [2.45, 2.75) is 84.6 Å². The molecule has 5 saturated carbocycles. The van der Waals surface area contributed by atoms with Crippen molar-refractivity contribution in [2.75, 3.05) is 0 Å². The van der Waals surface area contributed by atoms with Gasteiger partial charge in [0.2, 0.25) is 0 Å². The second kappa shape index (κ2) is 8.22. The summed E-state index contributed by atoms with van der Waals surface area (Å²) in [5.74, 6) is 7.00. The van der Waals surface area contributed by atoms with Gasteiger partial charge in [-0.25, -0.2) is 4.68 Å². The molecule has 0 aliphatic heterocycles. The van der Waals surface area contributed by atoms with Crippen LogP contribution in [0.2, 0.25) is 0 Å². The summed E-state index contributed by atoms with van der Waals surface area (Å²) in [5.41, 5.74) is 0.616. The van der Waals surface area contributed by atoms with Crippen LogP contribution in [0.3, 0.4) is 0 Å². The van der Waals surface area contributed by atoms with Crippen LogP contribution in [0.1, 0.15) is 89.4 Å². The summed E-state index contributed by atoms with van der Waals surface area (Å²) < 4.78 is 1.48. The number of hydrogen-bond donors (Lipinski definition) is 0. The van der Waals surface area contributed by atoms with Gasteiger partial charge in [-0.05, 0) is 111 Å². The Morgan fingerprint density at radius 2 is 1.76 bits per heavy atom. The second-order valence-corrected chi connectivity index (χ2v) is 12.9. The minimum atomic E-state index is 0.0643. The van der Waals surface area contributed by atoms with Crippen LogP contribution < -0.4 is 0 Å². The lowest BCUT2D eigenvalue weighted by molar-refractivity contribution is -0.131. The van der Waals surface area contributed by atoms with Gasteiger partial charge in [0.15, 0.2) is 11.5 Å². The Morgan fingerprint density at radius 1 is 1.00 bits per heavy atom. The summed E-state index contributed by atoms with van der Waals surface area (Å²) in [6, 6.07) is 5.62. The lowest BCUT2D eigenvalue weighted by Gasteiger charge is -2.57. The van der Waals surface area contributed by atoms with Crippen molar-refractivity contribution in [2.24, 2.45) is 58.7 Å². The lowest BCUT2D eigenvalue weighted by Crippen LogP contribution is -2.50. The van der Waals surface area contributed by atoms with Crippen molar-refractivity contribution in [1.82, 2.24) is 9.78 Å². The predicted octanol–water partition coefficient (Wildman–Crippen LogP) is 5.74. The number of carbonyl (C=O) groups excluding carboxylic acids is 1. The van der Waals surface area contributed by atoms with Gasteiger partial charge in [0.05, 0.1) is 0 Å². The van der Waals surface area contributed by atoms with E-state index < -0.39 is 0 Å². The fourth-order valence-electron chi connectivity index (χ4n) is 9.71. The van der Waals surface area contributed by atoms with E-state index in [1.165, 1.54) is 68.5 Å². The number of carbonyl (C=O) groups is 1. The molecule has 5 fully saturated rings. The molecular formula is C29H38N4O. The molecule has 0 radical (unpaired) electrons. The van der Waals surface area contributed by atoms with Crippen LogP contribution in [-0.4, -0.2) is 15.6 Å². The molecule has 5 aliphatic rings. The van der Waals surface area contributed by atoms with Crippen LogP contribution in [0, 0.1) is 81.3 Å². The molecular weight excluding hydrogens is 420 g/mol. The molecule has 1 aromatic rings. The third kappa shape index (κ3) is 3.45. The number of nitrogens with zero attached hydrogens (tertiary/aromatic N) is 4. The highest BCUT2D eigenvalue weighted by Crippen LogP contribution is 2.69. The second-order valence-electron chi connectivity index (χ2n) is 12.9. The topological polar surface area (TPSA) is 82.5 Å². The van der Waals surface area contributed by atoms with E-state index in [4.69, 9.17) is 0 Å². The Labute approximate surface area is 203 Å². The maximum absolute atomic E-state index is 13.8. The van der Waals surface area contributed by atoms with Crippen LogP contribution in [0.15, 0.2) is 6.07 Å². The van der Waals surface area contributed by atoms with Crippen LogP contribution in [0.5, 0.6) is 0 Å². The van der Waals surface area contributed by atoms with Crippen molar-refractivity contribution >= 4 is 5.78 Å². The van der Waals surface area contributed by atoms with Crippen molar-refractivity contribution in [3.63, 3.8) is 0 Å². The first-order valence-electron chi connectivity index (χ1n) is 13.8. The third-order valence-corrected chi connectivity index (χ3v) is 11.2. The van der Waals surface area contributed by atoms with Crippen LogP contribution in [0.4, 0.5) is 0 Å². The van der Waals surface area contributed by atoms with Gasteiger partial charge in [0.1, 0.15) is 24.4 Å². The Morgan fingerprint density at radius 3 is 2.50 bits per heavy atom. The number of rotatable bonds is 4. The van der Waals surface area contributed by atoms with E-state index in [0.29, 0.717) is 17.5 Å². The van der Waals surface area contributed by atoms with Crippen LogP contribution in [-0.2, 0) is 11.3 Å². The summed E-state index contributed by atoms with van der Waals surface area (Å²) >= 11 is 0. The van der Waals surface area contributed by atoms with Crippen LogP contribution in [0.25, 0.3) is 0 Å². The number of Topliss-reactive ketones (excluding diaryl/α,β-unsaturated/α-hetero) is 1. The van der Waals surface area contributed by atoms with E-state index in [2.05, 4.69) is 25.0 Å². The van der Waals surface area contributed by atoms with Gasteiger partial charge in [-0.3, -0.25) is 4.79 Å². The van der Waals surface area contributed by atoms with Gasteiger partial charge in [0.25, 0.3) is 0 Å². The highest BCUT2D eigenvalue weighted by Gasteiger charge is 2.63. The van der Waals surface area contributed by atoms with E-state index >= 15 is 0 Å². The van der Waals surface area contributed by atoms with E-state index in [9.17, 15) is 15.3 Å². The van der Waals surface area contributed by atoms with E-state index in [1.807, 2.05) is 6.07 Å². The molecule has 180 valence electrons. The number of hydrogen-bond acceptors (Lipinski definition) is 4. The first-order chi connectivity index (χ1) is 16.4.